The number of hydrogen-bond donors (Lipinski definition) is 2. The number of ether oxygens (including phenoxy) is 1. The van der Waals surface area contributed by atoms with Gasteiger partial charge in [0.05, 0.1) is 6.61 Å². The van der Waals surface area contributed by atoms with Crippen LogP contribution in [-0.4, -0.2) is 42.1 Å². The van der Waals surface area contributed by atoms with Crippen molar-refractivity contribution in [2.24, 2.45) is 0 Å². The van der Waals surface area contributed by atoms with Gasteiger partial charge in [0.25, 0.3) is 0 Å². The molecule has 1 aromatic carbocycles. The van der Waals surface area contributed by atoms with E-state index in [2.05, 4.69) is 16.6 Å². The summed E-state index contributed by atoms with van der Waals surface area (Å²) in [5.74, 6) is -0.433. The molecule has 0 fully saturated rings. The standard InChI is InChI=1S/C13H15F3N2O3/c1-2-6-18(7-8-19)12(20)17-10-4-3-5-11(9-10)21-13(14,15)16/h2-5,9,19H,1,6-8H2,(H,17,20). The van der Waals surface area contributed by atoms with E-state index in [1.165, 1.54) is 23.1 Å². The van der Waals surface area contributed by atoms with E-state index in [9.17, 15) is 18.0 Å². The van der Waals surface area contributed by atoms with Crippen LogP contribution in [0.25, 0.3) is 0 Å². The first kappa shape index (κ1) is 16.8. The molecule has 0 bridgehead atoms. The normalized spacial score (nSPS) is 10.9. The number of carbonyl (C=O) groups is 1. The van der Waals surface area contributed by atoms with Crippen molar-refractivity contribution in [3.05, 3.63) is 36.9 Å². The average molecular weight is 304 g/mol. The second kappa shape index (κ2) is 7.53. The smallest absolute Gasteiger partial charge is 0.406 e. The fourth-order valence-electron chi connectivity index (χ4n) is 1.53. The van der Waals surface area contributed by atoms with E-state index in [-0.39, 0.29) is 25.4 Å². The van der Waals surface area contributed by atoms with Crippen molar-refractivity contribution in [3.8, 4) is 5.75 Å². The maximum absolute atomic E-state index is 12.1. The summed E-state index contributed by atoms with van der Waals surface area (Å²) >= 11 is 0. The van der Waals surface area contributed by atoms with Gasteiger partial charge in [-0.15, -0.1) is 19.8 Å². The van der Waals surface area contributed by atoms with Gasteiger partial charge in [-0.1, -0.05) is 12.1 Å². The average Bonchev–Trinajstić information content (AvgIpc) is 2.36. The molecule has 0 saturated carbocycles. The zero-order valence-corrected chi connectivity index (χ0v) is 11.1. The SMILES string of the molecule is C=CCN(CCO)C(=O)Nc1cccc(OC(F)(F)F)c1. The van der Waals surface area contributed by atoms with Crippen molar-refractivity contribution in [1.82, 2.24) is 4.90 Å². The van der Waals surface area contributed by atoms with Gasteiger partial charge in [0.2, 0.25) is 0 Å². The van der Waals surface area contributed by atoms with Crippen molar-refractivity contribution in [3.63, 3.8) is 0 Å². The molecule has 1 aromatic rings. The van der Waals surface area contributed by atoms with Crippen LogP contribution in [0, 0.1) is 0 Å². The van der Waals surface area contributed by atoms with Crippen molar-refractivity contribution in [2.45, 2.75) is 6.36 Å². The van der Waals surface area contributed by atoms with E-state index < -0.39 is 18.1 Å². The largest absolute Gasteiger partial charge is 0.573 e. The monoisotopic (exact) mass is 304 g/mol. The third kappa shape index (κ3) is 6.17. The zero-order valence-electron chi connectivity index (χ0n) is 11.1. The molecule has 0 heterocycles. The van der Waals surface area contributed by atoms with Gasteiger partial charge in [0.15, 0.2) is 0 Å². The number of aliphatic hydroxyl groups excluding tert-OH is 1. The Balaban J connectivity index is 2.75. The Bertz CT molecular complexity index is 492. The maximum Gasteiger partial charge on any atom is 0.573 e. The van der Waals surface area contributed by atoms with E-state index in [1.54, 1.807) is 0 Å². The summed E-state index contributed by atoms with van der Waals surface area (Å²) < 4.78 is 40.1. The number of urea groups is 1. The van der Waals surface area contributed by atoms with Gasteiger partial charge in [-0.25, -0.2) is 4.79 Å². The van der Waals surface area contributed by atoms with Crippen LogP contribution in [0.5, 0.6) is 5.75 Å². The summed E-state index contributed by atoms with van der Waals surface area (Å²) in [6.07, 6.45) is -3.33. The molecule has 1 rings (SSSR count). The topological polar surface area (TPSA) is 61.8 Å². The number of alkyl halides is 3. The minimum Gasteiger partial charge on any atom is -0.406 e. The van der Waals surface area contributed by atoms with Crippen LogP contribution in [0.15, 0.2) is 36.9 Å². The highest BCUT2D eigenvalue weighted by Crippen LogP contribution is 2.25. The number of hydrogen-bond acceptors (Lipinski definition) is 3. The summed E-state index contributed by atoms with van der Waals surface area (Å²) in [5.41, 5.74) is 0.147. The lowest BCUT2D eigenvalue weighted by Crippen LogP contribution is -2.37. The Kier molecular flexibility index (Phi) is 6.04. The van der Waals surface area contributed by atoms with E-state index >= 15 is 0 Å². The van der Waals surface area contributed by atoms with Crippen LogP contribution in [0.1, 0.15) is 0 Å². The molecule has 0 radical (unpaired) electrons. The van der Waals surface area contributed by atoms with Gasteiger partial charge in [-0.3, -0.25) is 0 Å². The highest BCUT2D eigenvalue weighted by molar-refractivity contribution is 5.89. The highest BCUT2D eigenvalue weighted by Gasteiger charge is 2.31. The molecule has 0 unspecified atom stereocenters. The molecule has 116 valence electrons. The minimum atomic E-state index is -4.80. The Morgan fingerprint density at radius 3 is 2.76 bits per heavy atom. The van der Waals surface area contributed by atoms with Gasteiger partial charge in [0, 0.05) is 24.8 Å². The molecule has 2 N–H and O–H groups in total. The molecule has 0 saturated heterocycles. The molecule has 0 atom stereocenters. The van der Waals surface area contributed by atoms with Gasteiger partial charge < -0.3 is 20.1 Å². The Morgan fingerprint density at radius 2 is 2.19 bits per heavy atom. The van der Waals surface area contributed by atoms with Crippen LogP contribution in [0.2, 0.25) is 0 Å². The number of amides is 2. The van der Waals surface area contributed by atoms with Crippen molar-refractivity contribution < 1.29 is 27.8 Å². The van der Waals surface area contributed by atoms with Crippen molar-refractivity contribution in [2.75, 3.05) is 25.0 Å². The number of anilines is 1. The van der Waals surface area contributed by atoms with Gasteiger partial charge in [-0.05, 0) is 12.1 Å². The quantitative estimate of drug-likeness (QED) is 0.794. The van der Waals surface area contributed by atoms with Crippen molar-refractivity contribution >= 4 is 11.7 Å². The van der Waals surface area contributed by atoms with Crippen LogP contribution in [0.3, 0.4) is 0 Å². The number of aliphatic hydroxyl groups is 1. The fraction of sp³-hybridized carbons (Fsp3) is 0.308. The van der Waals surface area contributed by atoms with Gasteiger partial charge in [0.1, 0.15) is 5.75 Å². The van der Waals surface area contributed by atoms with Crippen LogP contribution in [-0.2, 0) is 0 Å². The molecule has 0 aliphatic heterocycles. The predicted molar refractivity (Wildman–Crippen MR) is 71.0 cm³/mol. The fourth-order valence-corrected chi connectivity index (χ4v) is 1.53. The van der Waals surface area contributed by atoms with E-state index in [4.69, 9.17) is 5.11 Å². The van der Waals surface area contributed by atoms with E-state index in [1.807, 2.05) is 0 Å². The first-order chi connectivity index (χ1) is 9.85. The van der Waals surface area contributed by atoms with Crippen LogP contribution < -0.4 is 10.1 Å². The summed E-state index contributed by atoms with van der Waals surface area (Å²) in [5, 5.41) is 11.3. The third-order valence-electron chi connectivity index (χ3n) is 2.33. The summed E-state index contributed by atoms with van der Waals surface area (Å²) in [4.78, 5) is 13.1. The number of benzene rings is 1. The van der Waals surface area contributed by atoms with Gasteiger partial charge >= 0.3 is 12.4 Å². The Morgan fingerprint density at radius 1 is 1.48 bits per heavy atom. The molecule has 0 aliphatic carbocycles. The molecular formula is C13H15F3N2O3. The Hall–Kier alpha value is -2.22. The molecular weight excluding hydrogens is 289 g/mol. The summed E-state index contributed by atoms with van der Waals surface area (Å²) in [7, 11) is 0. The van der Waals surface area contributed by atoms with Crippen LogP contribution >= 0.6 is 0 Å². The second-order valence-electron chi connectivity index (χ2n) is 3.96. The molecule has 5 nitrogen and oxygen atoms in total. The lowest BCUT2D eigenvalue weighted by molar-refractivity contribution is -0.274. The predicted octanol–water partition coefficient (Wildman–Crippen LogP) is 2.60. The zero-order chi connectivity index (χ0) is 15.9. The highest BCUT2D eigenvalue weighted by atomic mass is 19.4. The molecule has 0 spiro atoms. The lowest BCUT2D eigenvalue weighted by atomic mass is 10.3. The number of carbonyl (C=O) groups excluding carboxylic acids is 1. The molecule has 8 heteroatoms. The molecule has 0 aromatic heterocycles. The van der Waals surface area contributed by atoms with Crippen LogP contribution in [0.4, 0.5) is 23.7 Å². The number of rotatable bonds is 6. The maximum atomic E-state index is 12.1. The van der Waals surface area contributed by atoms with E-state index in [0.717, 1.165) is 12.1 Å². The number of halogens is 3. The van der Waals surface area contributed by atoms with Gasteiger partial charge in [-0.2, -0.15) is 0 Å². The second-order valence-corrected chi connectivity index (χ2v) is 3.96. The number of nitrogens with zero attached hydrogens (tertiary/aromatic N) is 1. The number of nitrogens with one attached hydrogen (secondary N) is 1. The minimum absolute atomic E-state index is 0.0800. The van der Waals surface area contributed by atoms with Crippen molar-refractivity contribution in [1.29, 1.82) is 0 Å². The van der Waals surface area contributed by atoms with E-state index in [0.29, 0.717) is 0 Å². The first-order valence-electron chi connectivity index (χ1n) is 5.99. The Labute approximate surface area is 119 Å². The molecule has 0 aliphatic rings. The summed E-state index contributed by atoms with van der Waals surface area (Å²) in [6.45, 7) is 3.52. The third-order valence-corrected chi connectivity index (χ3v) is 2.33. The lowest BCUT2D eigenvalue weighted by Gasteiger charge is -2.20. The molecule has 21 heavy (non-hydrogen) atoms. The summed E-state index contributed by atoms with van der Waals surface area (Å²) in [6, 6.07) is 4.36. The molecule has 2 amide bonds. The first-order valence-corrected chi connectivity index (χ1v) is 5.99.